The van der Waals surface area contributed by atoms with E-state index in [4.69, 9.17) is 5.11 Å². The Balaban J connectivity index is 2.37. The molecule has 0 atom stereocenters. The van der Waals surface area contributed by atoms with Crippen molar-refractivity contribution < 1.29 is 14.7 Å². The number of amides is 1. The van der Waals surface area contributed by atoms with E-state index in [-0.39, 0.29) is 19.0 Å². The molecule has 0 radical (unpaired) electrons. The van der Waals surface area contributed by atoms with Gasteiger partial charge in [0.15, 0.2) is 5.82 Å². The van der Waals surface area contributed by atoms with Gasteiger partial charge < -0.3 is 15.3 Å². The first kappa shape index (κ1) is 10.4. The number of aliphatic carboxylic acids is 1. The maximum absolute atomic E-state index is 11.4. The smallest absolute Gasteiger partial charge is 0.323 e. The van der Waals surface area contributed by atoms with Crippen molar-refractivity contribution in [2.45, 2.75) is 6.92 Å². The van der Waals surface area contributed by atoms with Crippen LogP contribution in [0.15, 0.2) is 12.3 Å². The third kappa shape index (κ3) is 1.95. The first-order chi connectivity index (χ1) is 7.56. The van der Waals surface area contributed by atoms with Gasteiger partial charge in [-0.3, -0.25) is 9.59 Å². The maximum Gasteiger partial charge on any atom is 0.323 e. The Hall–Kier alpha value is -2.11. The van der Waals surface area contributed by atoms with E-state index in [1.54, 1.807) is 12.3 Å². The molecule has 16 heavy (non-hydrogen) atoms. The Morgan fingerprint density at radius 1 is 1.69 bits per heavy atom. The number of nitrogens with one attached hydrogen (secondary N) is 1. The summed E-state index contributed by atoms with van der Waals surface area (Å²) in [5.41, 5.74) is 1.48. The first-order valence-electron chi connectivity index (χ1n) is 4.79. The highest BCUT2D eigenvalue weighted by Crippen LogP contribution is 2.27. The number of aryl methyl sites for hydroxylation is 1. The van der Waals surface area contributed by atoms with E-state index in [0.29, 0.717) is 11.5 Å². The molecule has 1 aromatic heterocycles. The summed E-state index contributed by atoms with van der Waals surface area (Å²) in [5, 5.41) is 11.4. The normalized spacial score (nSPS) is 14.3. The molecule has 0 aromatic carbocycles. The summed E-state index contributed by atoms with van der Waals surface area (Å²) in [5.74, 6) is -0.697. The van der Waals surface area contributed by atoms with Gasteiger partial charge in [-0.05, 0) is 18.6 Å². The molecule has 1 amide bonds. The summed E-state index contributed by atoms with van der Waals surface area (Å²) >= 11 is 0. The predicted molar refractivity (Wildman–Crippen MR) is 57.5 cm³/mol. The second-order valence-corrected chi connectivity index (χ2v) is 3.68. The lowest BCUT2D eigenvalue weighted by Gasteiger charge is -2.28. The van der Waals surface area contributed by atoms with E-state index in [1.165, 1.54) is 4.90 Å². The number of carbonyl (C=O) groups is 2. The van der Waals surface area contributed by atoms with E-state index in [0.717, 1.165) is 5.56 Å². The van der Waals surface area contributed by atoms with Crippen LogP contribution in [0.5, 0.6) is 0 Å². The minimum atomic E-state index is -0.983. The monoisotopic (exact) mass is 221 g/mol. The third-order valence-corrected chi connectivity index (χ3v) is 2.24. The summed E-state index contributed by atoms with van der Waals surface area (Å²) in [7, 11) is 0. The van der Waals surface area contributed by atoms with Crippen LogP contribution < -0.4 is 10.2 Å². The predicted octanol–water partition coefficient (Wildman–Crippen LogP) is 0.233. The minimum absolute atomic E-state index is 0.0232. The molecule has 0 spiro atoms. The molecule has 0 fully saturated rings. The maximum atomic E-state index is 11.4. The Morgan fingerprint density at radius 2 is 2.44 bits per heavy atom. The number of aromatic nitrogens is 1. The number of pyridine rings is 1. The van der Waals surface area contributed by atoms with Crippen LogP contribution in [0, 0.1) is 6.92 Å². The standard InChI is InChI=1S/C10H11N3O3/c1-6-2-7-10(11-3-6)13(5-9(15)16)4-8(14)12-7/h2-3H,4-5H2,1H3,(H,12,14)(H,15,16). The summed E-state index contributed by atoms with van der Waals surface area (Å²) in [6.45, 7) is 1.65. The van der Waals surface area contributed by atoms with Gasteiger partial charge in [0.1, 0.15) is 6.54 Å². The summed E-state index contributed by atoms with van der Waals surface area (Å²) in [4.78, 5) is 27.6. The van der Waals surface area contributed by atoms with Gasteiger partial charge in [-0.1, -0.05) is 0 Å². The number of fused-ring (bicyclic) bond motifs is 1. The largest absolute Gasteiger partial charge is 0.480 e. The topological polar surface area (TPSA) is 82.5 Å². The zero-order chi connectivity index (χ0) is 11.7. The van der Waals surface area contributed by atoms with Crippen LogP contribution in [-0.2, 0) is 9.59 Å². The number of hydrogen-bond acceptors (Lipinski definition) is 4. The van der Waals surface area contributed by atoms with E-state index >= 15 is 0 Å². The fraction of sp³-hybridized carbons (Fsp3) is 0.300. The molecular weight excluding hydrogens is 210 g/mol. The summed E-state index contributed by atoms with van der Waals surface area (Å²) in [6, 6.07) is 1.77. The Bertz CT molecular complexity index is 459. The van der Waals surface area contributed by atoms with Gasteiger partial charge in [0.05, 0.1) is 12.2 Å². The Kier molecular flexibility index (Phi) is 2.47. The van der Waals surface area contributed by atoms with Crippen molar-refractivity contribution in [3.8, 4) is 0 Å². The molecule has 2 rings (SSSR count). The van der Waals surface area contributed by atoms with Gasteiger partial charge in [-0.2, -0.15) is 0 Å². The van der Waals surface area contributed by atoms with Crippen LogP contribution in [0.1, 0.15) is 5.56 Å². The molecule has 0 saturated carbocycles. The highest BCUT2D eigenvalue weighted by molar-refractivity contribution is 6.01. The number of carboxylic acids is 1. The number of rotatable bonds is 2. The third-order valence-electron chi connectivity index (χ3n) is 2.24. The summed E-state index contributed by atoms with van der Waals surface area (Å²) in [6.07, 6.45) is 1.64. The number of carboxylic acid groups (broad SMARTS) is 1. The second kappa shape index (κ2) is 3.80. The molecule has 6 nitrogen and oxygen atoms in total. The highest BCUT2D eigenvalue weighted by atomic mass is 16.4. The molecule has 1 aliphatic heterocycles. The highest BCUT2D eigenvalue weighted by Gasteiger charge is 2.24. The Labute approximate surface area is 91.9 Å². The molecule has 6 heteroatoms. The van der Waals surface area contributed by atoms with Crippen LogP contribution in [0.2, 0.25) is 0 Å². The van der Waals surface area contributed by atoms with Crippen LogP contribution in [0.4, 0.5) is 11.5 Å². The average Bonchev–Trinajstić information content (AvgIpc) is 2.15. The van der Waals surface area contributed by atoms with Crippen molar-refractivity contribution in [1.29, 1.82) is 0 Å². The number of hydrogen-bond donors (Lipinski definition) is 2. The molecule has 84 valence electrons. The summed E-state index contributed by atoms with van der Waals surface area (Å²) < 4.78 is 0. The lowest BCUT2D eigenvalue weighted by Crippen LogP contribution is -2.41. The van der Waals surface area contributed by atoms with Crippen molar-refractivity contribution in [2.24, 2.45) is 0 Å². The quantitative estimate of drug-likeness (QED) is 0.747. The van der Waals surface area contributed by atoms with Crippen molar-refractivity contribution in [1.82, 2.24) is 4.98 Å². The van der Waals surface area contributed by atoms with Crippen LogP contribution in [0.3, 0.4) is 0 Å². The number of carbonyl (C=O) groups excluding carboxylic acids is 1. The lowest BCUT2D eigenvalue weighted by molar-refractivity contribution is -0.135. The minimum Gasteiger partial charge on any atom is -0.480 e. The molecule has 2 heterocycles. The van der Waals surface area contributed by atoms with Crippen molar-refractivity contribution in [2.75, 3.05) is 23.3 Å². The van der Waals surface area contributed by atoms with Gasteiger partial charge in [-0.25, -0.2) is 4.98 Å². The van der Waals surface area contributed by atoms with Crippen molar-refractivity contribution in [3.63, 3.8) is 0 Å². The molecule has 1 aromatic rings. The van der Waals surface area contributed by atoms with Gasteiger partial charge in [0.25, 0.3) is 0 Å². The van der Waals surface area contributed by atoms with Crippen LogP contribution in [-0.4, -0.2) is 35.1 Å². The van der Waals surface area contributed by atoms with E-state index in [2.05, 4.69) is 10.3 Å². The van der Waals surface area contributed by atoms with E-state index in [9.17, 15) is 9.59 Å². The lowest BCUT2D eigenvalue weighted by atomic mass is 10.2. The zero-order valence-corrected chi connectivity index (χ0v) is 8.73. The molecule has 0 saturated heterocycles. The zero-order valence-electron chi connectivity index (χ0n) is 8.73. The fourth-order valence-corrected chi connectivity index (χ4v) is 1.64. The van der Waals surface area contributed by atoms with Gasteiger partial charge >= 0.3 is 5.97 Å². The van der Waals surface area contributed by atoms with Crippen molar-refractivity contribution in [3.05, 3.63) is 17.8 Å². The van der Waals surface area contributed by atoms with E-state index in [1.807, 2.05) is 6.92 Å². The molecule has 2 N–H and O–H groups in total. The average molecular weight is 221 g/mol. The fourth-order valence-electron chi connectivity index (χ4n) is 1.64. The van der Waals surface area contributed by atoms with Crippen molar-refractivity contribution >= 4 is 23.4 Å². The second-order valence-electron chi connectivity index (χ2n) is 3.68. The molecule has 1 aliphatic rings. The number of anilines is 2. The van der Waals surface area contributed by atoms with Gasteiger partial charge in [-0.15, -0.1) is 0 Å². The molecular formula is C10H11N3O3. The Morgan fingerprint density at radius 3 is 3.12 bits per heavy atom. The van der Waals surface area contributed by atoms with Gasteiger partial charge in [0, 0.05) is 6.20 Å². The first-order valence-corrected chi connectivity index (χ1v) is 4.79. The molecule has 0 bridgehead atoms. The van der Waals surface area contributed by atoms with Crippen LogP contribution >= 0.6 is 0 Å². The number of nitrogens with zero attached hydrogens (tertiary/aromatic N) is 2. The SMILES string of the molecule is Cc1cnc2c(c1)NC(=O)CN2CC(=O)O. The van der Waals surface area contributed by atoms with Gasteiger partial charge in [0.2, 0.25) is 5.91 Å². The molecule has 0 aliphatic carbocycles. The molecule has 0 unspecified atom stereocenters. The van der Waals surface area contributed by atoms with E-state index < -0.39 is 5.97 Å². The van der Waals surface area contributed by atoms with Crippen LogP contribution in [0.25, 0.3) is 0 Å².